The van der Waals surface area contributed by atoms with Gasteiger partial charge in [-0.05, 0) is 57.9 Å². The van der Waals surface area contributed by atoms with Gasteiger partial charge in [-0.2, -0.15) is 5.10 Å². The predicted octanol–water partition coefficient (Wildman–Crippen LogP) is 3.95. The van der Waals surface area contributed by atoms with Gasteiger partial charge in [0.05, 0.1) is 11.9 Å². The summed E-state index contributed by atoms with van der Waals surface area (Å²) in [6.07, 6.45) is 13.3. The second-order valence-corrected chi connectivity index (χ2v) is 8.57. The van der Waals surface area contributed by atoms with Crippen LogP contribution in [0.3, 0.4) is 0 Å². The summed E-state index contributed by atoms with van der Waals surface area (Å²) >= 11 is 0. The predicted molar refractivity (Wildman–Crippen MR) is 109 cm³/mol. The maximum atomic E-state index is 6.02. The average Bonchev–Trinajstić information content (AvgIpc) is 3.04. The Morgan fingerprint density at radius 2 is 1.96 bits per heavy atom. The molecule has 2 aromatic heterocycles. The quantitative estimate of drug-likeness (QED) is 0.807. The lowest BCUT2D eigenvalue weighted by Gasteiger charge is -2.27. The first-order valence-corrected chi connectivity index (χ1v) is 10.5. The molecule has 0 saturated heterocycles. The first-order chi connectivity index (χ1) is 13.1. The summed E-state index contributed by atoms with van der Waals surface area (Å²) in [7, 11) is 0. The monoisotopic (exact) mass is 368 g/mol. The second kappa shape index (κ2) is 7.97. The van der Waals surface area contributed by atoms with Gasteiger partial charge in [-0.25, -0.2) is 9.97 Å². The van der Waals surface area contributed by atoms with Crippen LogP contribution in [0.2, 0.25) is 0 Å². The van der Waals surface area contributed by atoms with E-state index in [-0.39, 0.29) is 0 Å². The minimum absolute atomic E-state index is 0.353. The molecule has 0 spiro atoms. The van der Waals surface area contributed by atoms with E-state index in [1.54, 1.807) is 0 Å². The molecule has 6 nitrogen and oxygen atoms in total. The molecule has 2 heterocycles. The fourth-order valence-corrected chi connectivity index (χ4v) is 4.24. The van der Waals surface area contributed by atoms with E-state index in [0.717, 1.165) is 55.2 Å². The van der Waals surface area contributed by atoms with Crippen molar-refractivity contribution in [1.82, 2.24) is 19.7 Å². The van der Waals surface area contributed by atoms with E-state index in [4.69, 9.17) is 10.7 Å². The molecule has 27 heavy (non-hydrogen) atoms. The Balaban J connectivity index is 1.56. The van der Waals surface area contributed by atoms with Crippen LogP contribution in [0, 0.1) is 5.92 Å². The molecule has 0 bridgehead atoms. The molecule has 2 aliphatic carbocycles. The first kappa shape index (κ1) is 18.4. The van der Waals surface area contributed by atoms with Crippen LogP contribution in [0.15, 0.2) is 18.5 Å². The van der Waals surface area contributed by atoms with Crippen molar-refractivity contribution in [3.8, 4) is 11.3 Å². The van der Waals surface area contributed by atoms with Crippen LogP contribution < -0.4 is 11.1 Å². The van der Waals surface area contributed by atoms with Crippen LogP contribution in [0.25, 0.3) is 11.3 Å². The van der Waals surface area contributed by atoms with Gasteiger partial charge in [0.15, 0.2) is 0 Å². The molecular formula is C21H32N6. The number of hydrogen-bond donors (Lipinski definition) is 2. The minimum atomic E-state index is 0.353. The highest BCUT2D eigenvalue weighted by molar-refractivity contribution is 5.62. The Hall–Kier alpha value is -1.95. The zero-order valence-electron chi connectivity index (χ0n) is 16.6. The molecule has 6 heteroatoms. The van der Waals surface area contributed by atoms with Crippen molar-refractivity contribution in [2.75, 3.05) is 5.32 Å². The Morgan fingerprint density at radius 3 is 2.63 bits per heavy atom. The van der Waals surface area contributed by atoms with E-state index in [2.05, 4.69) is 33.9 Å². The largest absolute Gasteiger partial charge is 0.351 e. The van der Waals surface area contributed by atoms with E-state index >= 15 is 0 Å². The van der Waals surface area contributed by atoms with Crippen molar-refractivity contribution in [2.45, 2.75) is 83.3 Å². The third-order valence-electron chi connectivity index (χ3n) is 6.13. The van der Waals surface area contributed by atoms with Gasteiger partial charge in [0, 0.05) is 35.6 Å². The van der Waals surface area contributed by atoms with Gasteiger partial charge < -0.3 is 11.1 Å². The van der Waals surface area contributed by atoms with Crippen molar-refractivity contribution < 1.29 is 0 Å². The van der Waals surface area contributed by atoms with Gasteiger partial charge in [-0.1, -0.05) is 19.3 Å². The van der Waals surface area contributed by atoms with Gasteiger partial charge in [0.25, 0.3) is 0 Å². The smallest absolute Gasteiger partial charge is 0.223 e. The van der Waals surface area contributed by atoms with Crippen molar-refractivity contribution in [3.63, 3.8) is 0 Å². The molecule has 146 valence electrons. The Labute approximate surface area is 162 Å². The molecule has 0 unspecified atom stereocenters. The molecule has 0 atom stereocenters. The minimum Gasteiger partial charge on any atom is -0.351 e. The lowest BCUT2D eigenvalue weighted by Crippen LogP contribution is -2.33. The molecule has 0 aromatic carbocycles. The average molecular weight is 369 g/mol. The van der Waals surface area contributed by atoms with E-state index in [1.165, 1.54) is 25.0 Å². The fourth-order valence-electron chi connectivity index (χ4n) is 4.24. The van der Waals surface area contributed by atoms with Gasteiger partial charge in [0.1, 0.15) is 0 Å². The lowest BCUT2D eigenvalue weighted by molar-refractivity contribution is 0.305. The fraction of sp³-hybridized carbons (Fsp3) is 0.667. The van der Waals surface area contributed by atoms with Crippen molar-refractivity contribution >= 4 is 5.95 Å². The number of hydrogen-bond acceptors (Lipinski definition) is 5. The van der Waals surface area contributed by atoms with Gasteiger partial charge in [-0.15, -0.1) is 0 Å². The van der Waals surface area contributed by atoms with E-state index in [9.17, 15) is 0 Å². The number of aromatic nitrogens is 4. The summed E-state index contributed by atoms with van der Waals surface area (Å²) in [5, 5.41) is 8.20. The maximum Gasteiger partial charge on any atom is 0.223 e. The number of nitrogens with two attached hydrogens (primary N) is 1. The second-order valence-electron chi connectivity index (χ2n) is 8.57. The molecule has 4 rings (SSSR count). The SMILES string of the molecule is CC(C)n1ncc(-c2ccnc(NC3CCC(N)CC3)n2)c1CC1CCC1. The summed E-state index contributed by atoms with van der Waals surface area (Å²) in [6.45, 7) is 4.39. The molecule has 2 saturated carbocycles. The molecule has 2 fully saturated rings. The molecule has 0 aliphatic heterocycles. The topological polar surface area (TPSA) is 81.7 Å². The normalized spacial score (nSPS) is 23.4. The van der Waals surface area contributed by atoms with Gasteiger partial charge in [0.2, 0.25) is 5.95 Å². The van der Waals surface area contributed by atoms with Crippen molar-refractivity contribution in [2.24, 2.45) is 11.7 Å². The van der Waals surface area contributed by atoms with Crippen molar-refractivity contribution in [1.29, 1.82) is 0 Å². The van der Waals surface area contributed by atoms with E-state index in [0.29, 0.717) is 18.1 Å². The number of rotatable bonds is 6. The van der Waals surface area contributed by atoms with Crippen LogP contribution in [0.1, 0.15) is 70.5 Å². The van der Waals surface area contributed by atoms with Crippen LogP contribution in [-0.4, -0.2) is 31.8 Å². The Bertz CT molecular complexity index is 756. The molecular weight excluding hydrogens is 336 g/mol. The highest BCUT2D eigenvalue weighted by Gasteiger charge is 2.24. The Morgan fingerprint density at radius 1 is 1.19 bits per heavy atom. The van der Waals surface area contributed by atoms with Crippen LogP contribution in [-0.2, 0) is 6.42 Å². The number of anilines is 1. The van der Waals surface area contributed by atoms with Crippen molar-refractivity contribution in [3.05, 3.63) is 24.2 Å². The van der Waals surface area contributed by atoms with E-state index < -0.39 is 0 Å². The summed E-state index contributed by atoms with van der Waals surface area (Å²) in [5.41, 5.74) is 9.48. The zero-order chi connectivity index (χ0) is 18.8. The zero-order valence-corrected chi connectivity index (χ0v) is 16.6. The molecule has 2 aliphatic rings. The highest BCUT2D eigenvalue weighted by atomic mass is 15.3. The summed E-state index contributed by atoms with van der Waals surface area (Å²) in [4.78, 5) is 9.29. The van der Waals surface area contributed by atoms with E-state index in [1.807, 2.05) is 18.5 Å². The van der Waals surface area contributed by atoms with Crippen LogP contribution in [0.5, 0.6) is 0 Å². The third kappa shape index (κ3) is 4.15. The molecule has 0 amide bonds. The standard InChI is InChI=1S/C21H32N6/c1-14(2)27-20(12-15-4-3-5-15)18(13-24-27)19-10-11-23-21(26-19)25-17-8-6-16(22)7-9-17/h10-11,13-17H,3-9,12,22H2,1-2H3,(H,23,25,26). The third-order valence-corrected chi connectivity index (χ3v) is 6.13. The molecule has 3 N–H and O–H groups in total. The van der Waals surface area contributed by atoms with Crippen LogP contribution >= 0.6 is 0 Å². The number of nitrogens with one attached hydrogen (secondary N) is 1. The Kier molecular flexibility index (Phi) is 5.43. The first-order valence-electron chi connectivity index (χ1n) is 10.5. The summed E-state index contributed by atoms with van der Waals surface area (Å²) in [5.74, 6) is 1.52. The number of nitrogens with zero attached hydrogens (tertiary/aromatic N) is 4. The lowest BCUT2D eigenvalue weighted by atomic mass is 9.81. The van der Waals surface area contributed by atoms with Gasteiger partial charge in [-0.3, -0.25) is 4.68 Å². The maximum absolute atomic E-state index is 6.02. The highest BCUT2D eigenvalue weighted by Crippen LogP contribution is 2.34. The van der Waals surface area contributed by atoms with Gasteiger partial charge >= 0.3 is 0 Å². The van der Waals surface area contributed by atoms with Crippen LogP contribution in [0.4, 0.5) is 5.95 Å². The summed E-state index contributed by atoms with van der Waals surface area (Å²) in [6, 6.07) is 3.15. The molecule has 2 aromatic rings. The summed E-state index contributed by atoms with van der Waals surface area (Å²) < 4.78 is 2.17. The molecule has 0 radical (unpaired) electrons.